The highest BCUT2D eigenvalue weighted by atomic mass is 35.5. The highest BCUT2D eigenvalue weighted by molar-refractivity contribution is 6.30. The van der Waals surface area contributed by atoms with E-state index in [1.54, 1.807) is 0 Å². The van der Waals surface area contributed by atoms with Gasteiger partial charge >= 0.3 is 12.3 Å². The molecule has 104 valence electrons. The first kappa shape index (κ1) is 13.9. The summed E-state index contributed by atoms with van der Waals surface area (Å²) < 4.78 is 43.0. The maximum Gasteiger partial charge on any atom is 0.435 e. The van der Waals surface area contributed by atoms with E-state index < -0.39 is 18.0 Å². The normalized spacial score (nSPS) is 15.1. The molecule has 1 aromatic heterocycles. The van der Waals surface area contributed by atoms with Crippen molar-refractivity contribution in [2.24, 2.45) is 0 Å². The average molecular weight is 296 g/mol. The van der Waals surface area contributed by atoms with Gasteiger partial charge < -0.3 is 9.64 Å². The second-order valence-corrected chi connectivity index (χ2v) is 4.29. The number of ether oxygens (including phenoxy) is 1. The minimum atomic E-state index is -4.64. The molecule has 19 heavy (non-hydrogen) atoms. The number of hydrogen-bond acceptors (Lipinski definition) is 4. The molecule has 0 spiro atoms. The first-order valence-electron chi connectivity index (χ1n) is 5.28. The van der Waals surface area contributed by atoms with Gasteiger partial charge in [-0.15, -0.1) is 10.2 Å². The highest BCUT2D eigenvalue weighted by Gasteiger charge is 2.39. The van der Waals surface area contributed by atoms with Crippen molar-refractivity contribution in [2.45, 2.75) is 19.1 Å². The number of fused-ring (bicyclic) bond motifs is 1. The lowest BCUT2D eigenvalue weighted by Gasteiger charge is -2.29. The molecule has 0 radical (unpaired) electrons. The largest absolute Gasteiger partial charge is 0.453 e. The minimum absolute atomic E-state index is 0.0625. The Morgan fingerprint density at radius 2 is 2.05 bits per heavy atom. The molecule has 0 unspecified atom stereocenters. The van der Waals surface area contributed by atoms with Crippen LogP contribution in [0.25, 0.3) is 0 Å². The van der Waals surface area contributed by atoms with Gasteiger partial charge in [0.15, 0.2) is 10.8 Å². The Kier molecular flexibility index (Phi) is 3.53. The van der Waals surface area contributed by atoms with Crippen LogP contribution in [0.2, 0.25) is 5.15 Å². The Labute approximate surface area is 111 Å². The maximum atomic E-state index is 12.8. The van der Waals surface area contributed by atoms with E-state index >= 15 is 0 Å². The highest BCUT2D eigenvalue weighted by Crippen LogP contribution is 2.35. The lowest BCUT2D eigenvalue weighted by atomic mass is 10.0. The van der Waals surface area contributed by atoms with Crippen LogP contribution in [0.15, 0.2) is 0 Å². The molecule has 2 rings (SSSR count). The van der Waals surface area contributed by atoms with Crippen LogP contribution in [0.1, 0.15) is 16.8 Å². The Bertz CT molecular complexity index is 521. The van der Waals surface area contributed by atoms with Crippen molar-refractivity contribution in [3.63, 3.8) is 0 Å². The standard InChI is InChI=1S/C10H9ClF3N3O2/c1-19-9(18)17-3-2-5-6(4-17)7(10(12,13)14)15-16-8(5)11/h2-4H2,1H3. The van der Waals surface area contributed by atoms with Gasteiger partial charge in [0.1, 0.15) is 0 Å². The SMILES string of the molecule is COC(=O)N1CCc2c(Cl)nnc(C(F)(F)F)c2C1. The van der Waals surface area contributed by atoms with Crippen LogP contribution in [-0.2, 0) is 23.9 Å². The van der Waals surface area contributed by atoms with Gasteiger partial charge in [0.2, 0.25) is 0 Å². The lowest BCUT2D eigenvalue weighted by Crippen LogP contribution is -2.37. The molecule has 5 nitrogen and oxygen atoms in total. The number of halogens is 4. The molecule has 0 atom stereocenters. The molecular weight excluding hydrogens is 287 g/mol. The summed E-state index contributed by atoms with van der Waals surface area (Å²) in [5.41, 5.74) is -0.950. The van der Waals surface area contributed by atoms with Crippen molar-refractivity contribution >= 4 is 17.7 Å². The summed E-state index contributed by atoms with van der Waals surface area (Å²) in [5.74, 6) is 0. The summed E-state index contributed by atoms with van der Waals surface area (Å²) in [6.45, 7) is -0.0194. The summed E-state index contributed by atoms with van der Waals surface area (Å²) in [6.07, 6.45) is -5.14. The first-order chi connectivity index (χ1) is 8.84. The fourth-order valence-corrected chi connectivity index (χ4v) is 2.18. The third-order valence-corrected chi connectivity index (χ3v) is 3.12. The van der Waals surface area contributed by atoms with E-state index in [9.17, 15) is 18.0 Å². The number of nitrogens with zero attached hydrogens (tertiary/aromatic N) is 3. The zero-order valence-corrected chi connectivity index (χ0v) is 10.5. The molecule has 0 bridgehead atoms. The monoisotopic (exact) mass is 295 g/mol. The van der Waals surface area contributed by atoms with Gasteiger partial charge in [0.25, 0.3) is 0 Å². The predicted molar refractivity (Wildman–Crippen MR) is 58.6 cm³/mol. The molecular formula is C10H9ClF3N3O2. The number of hydrogen-bond donors (Lipinski definition) is 0. The van der Waals surface area contributed by atoms with Crippen LogP contribution in [0.5, 0.6) is 0 Å². The topological polar surface area (TPSA) is 55.3 Å². The van der Waals surface area contributed by atoms with Crippen LogP contribution in [-0.4, -0.2) is 34.8 Å². The maximum absolute atomic E-state index is 12.8. The summed E-state index contributed by atoms with van der Waals surface area (Å²) in [5, 5.41) is 6.34. The van der Waals surface area contributed by atoms with Gasteiger partial charge in [-0.3, -0.25) is 0 Å². The molecule has 1 amide bonds. The summed E-state index contributed by atoms with van der Waals surface area (Å²) in [4.78, 5) is 12.5. The zero-order valence-electron chi connectivity index (χ0n) is 9.79. The fraction of sp³-hybridized carbons (Fsp3) is 0.500. The van der Waals surface area contributed by atoms with Crippen molar-refractivity contribution in [1.29, 1.82) is 0 Å². The third-order valence-electron chi connectivity index (χ3n) is 2.82. The molecule has 0 N–H and O–H groups in total. The fourth-order valence-electron chi connectivity index (χ4n) is 1.94. The molecule has 2 heterocycles. The van der Waals surface area contributed by atoms with Crippen LogP contribution in [0, 0.1) is 0 Å². The molecule has 0 fully saturated rings. The van der Waals surface area contributed by atoms with E-state index in [-0.39, 0.29) is 35.8 Å². The number of rotatable bonds is 0. The van der Waals surface area contributed by atoms with Crippen LogP contribution < -0.4 is 0 Å². The first-order valence-corrected chi connectivity index (χ1v) is 5.66. The summed E-state index contributed by atoms with van der Waals surface area (Å²) >= 11 is 5.75. The second kappa shape index (κ2) is 4.84. The molecule has 1 aliphatic rings. The Balaban J connectivity index is 2.46. The number of carbonyl (C=O) groups excluding carboxylic acids is 1. The van der Waals surface area contributed by atoms with Gasteiger partial charge in [-0.2, -0.15) is 13.2 Å². The van der Waals surface area contributed by atoms with Gasteiger partial charge in [-0.1, -0.05) is 11.6 Å². The molecule has 1 aliphatic heterocycles. The quantitative estimate of drug-likeness (QED) is 0.737. The van der Waals surface area contributed by atoms with Crippen LogP contribution >= 0.6 is 11.6 Å². The molecule has 1 aromatic rings. The minimum Gasteiger partial charge on any atom is -0.453 e. The summed E-state index contributed by atoms with van der Waals surface area (Å²) in [7, 11) is 1.17. The van der Waals surface area contributed by atoms with Gasteiger partial charge in [-0.25, -0.2) is 4.79 Å². The lowest BCUT2D eigenvalue weighted by molar-refractivity contribution is -0.142. The number of alkyl halides is 3. The Morgan fingerprint density at radius 3 is 2.63 bits per heavy atom. The molecule has 0 aromatic carbocycles. The average Bonchev–Trinajstić information content (AvgIpc) is 2.36. The van der Waals surface area contributed by atoms with Crippen LogP contribution in [0.3, 0.4) is 0 Å². The van der Waals surface area contributed by atoms with Crippen molar-refractivity contribution in [1.82, 2.24) is 15.1 Å². The Hall–Kier alpha value is -1.57. The van der Waals surface area contributed by atoms with Gasteiger partial charge in [0, 0.05) is 17.7 Å². The summed E-state index contributed by atoms with van der Waals surface area (Å²) in [6, 6.07) is 0. The number of amides is 1. The van der Waals surface area contributed by atoms with E-state index in [0.717, 1.165) is 4.90 Å². The number of methoxy groups -OCH3 is 1. The van der Waals surface area contributed by atoms with Crippen LogP contribution in [0.4, 0.5) is 18.0 Å². The smallest absolute Gasteiger partial charge is 0.435 e. The predicted octanol–water partition coefficient (Wildman–Crippen LogP) is 2.27. The molecule has 0 saturated carbocycles. The van der Waals surface area contributed by atoms with E-state index in [0.29, 0.717) is 0 Å². The molecule has 0 saturated heterocycles. The number of carbonyl (C=O) groups is 1. The van der Waals surface area contributed by atoms with Gasteiger partial charge in [-0.05, 0) is 6.42 Å². The second-order valence-electron chi connectivity index (χ2n) is 3.94. The molecule has 0 aliphatic carbocycles. The Morgan fingerprint density at radius 1 is 1.37 bits per heavy atom. The van der Waals surface area contributed by atoms with Crippen molar-refractivity contribution in [3.05, 3.63) is 22.0 Å². The van der Waals surface area contributed by atoms with Crippen molar-refractivity contribution < 1.29 is 22.7 Å². The van der Waals surface area contributed by atoms with Gasteiger partial charge in [0.05, 0.1) is 13.7 Å². The van der Waals surface area contributed by atoms with E-state index in [1.807, 2.05) is 0 Å². The van der Waals surface area contributed by atoms with E-state index in [1.165, 1.54) is 7.11 Å². The third kappa shape index (κ3) is 2.58. The van der Waals surface area contributed by atoms with E-state index in [2.05, 4.69) is 14.9 Å². The van der Waals surface area contributed by atoms with Crippen molar-refractivity contribution in [3.8, 4) is 0 Å². The number of aromatic nitrogens is 2. The van der Waals surface area contributed by atoms with E-state index in [4.69, 9.17) is 11.6 Å². The van der Waals surface area contributed by atoms with Crippen molar-refractivity contribution in [2.75, 3.05) is 13.7 Å². The zero-order chi connectivity index (χ0) is 14.2. The molecule has 9 heteroatoms.